The quantitative estimate of drug-likeness (QED) is 0.633. The highest BCUT2D eigenvalue weighted by Crippen LogP contribution is 2.26. The lowest BCUT2D eigenvalue weighted by atomic mass is 9.94. The van der Waals surface area contributed by atoms with Gasteiger partial charge in [0.05, 0.1) is 15.6 Å². The van der Waals surface area contributed by atoms with E-state index in [0.717, 1.165) is 31.7 Å². The predicted molar refractivity (Wildman–Crippen MR) is 110 cm³/mol. The fraction of sp³-hybridized carbons (Fsp3) is 0.333. The summed E-state index contributed by atoms with van der Waals surface area (Å²) < 4.78 is 13.6. The van der Waals surface area contributed by atoms with Crippen molar-refractivity contribution in [1.82, 2.24) is 4.90 Å². The Morgan fingerprint density at radius 2 is 1.68 bits per heavy atom. The Morgan fingerprint density at radius 3 is 2.32 bits per heavy atom. The molecule has 1 fully saturated rings. The molecule has 0 saturated heterocycles. The Labute approximate surface area is 173 Å². The summed E-state index contributed by atoms with van der Waals surface area (Å²) in [6.45, 7) is 0. The van der Waals surface area contributed by atoms with Gasteiger partial charge in [-0.2, -0.15) is 0 Å². The number of halogens is 3. The Bertz CT molecular complexity index is 881. The average Bonchev–Trinajstić information content (AvgIpc) is 2.70. The molecule has 0 aromatic heterocycles. The van der Waals surface area contributed by atoms with E-state index in [9.17, 15) is 14.0 Å². The molecule has 1 N–H and O–H groups in total. The van der Waals surface area contributed by atoms with Crippen LogP contribution >= 0.6 is 23.2 Å². The SMILES string of the molecule is CN(C(=O)c1ccc(NC(=O)c2cc(F)c(Cl)cc2Cl)cc1)C1CCCCC1. The summed E-state index contributed by atoms with van der Waals surface area (Å²) in [5, 5.41) is 2.56. The Kier molecular flexibility index (Phi) is 6.57. The number of rotatable bonds is 4. The van der Waals surface area contributed by atoms with Gasteiger partial charge in [-0.3, -0.25) is 9.59 Å². The van der Waals surface area contributed by atoms with Gasteiger partial charge >= 0.3 is 0 Å². The van der Waals surface area contributed by atoms with Crippen LogP contribution < -0.4 is 5.32 Å². The van der Waals surface area contributed by atoms with Crippen molar-refractivity contribution in [1.29, 1.82) is 0 Å². The first kappa shape index (κ1) is 20.6. The Hall–Kier alpha value is -2.11. The van der Waals surface area contributed by atoms with Gasteiger partial charge in [-0.15, -0.1) is 0 Å². The van der Waals surface area contributed by atoms with Crippen molar-refractivity contribution >= 4 is 40.7 Å². The van der Waals surface area contributed by atoms with Crippen LogP contribution in [0.4, 0.5) is 10.1 Å². The zero-order chi connectivity index (χ0) is 20.3. The van der Waals surface area contributed by atoms with Gasteiger partial charge in [0.15, 0.2) is 0 Å². The molecule has 0 unspecified atom stereocenters. The number of hydrogen-bond acceptors (Lipinski definition) is 2. The molecule has 0 radical (unpaired) electrons. The second-order valence-electron chi connectivity index (χ2n) is 6.99. The first-order chi connectivity index (χ1) is 13.4. The number of carbonyl (C=O) groups is 2. The lowest BCUT2D eigenvalue weighted by Gasteiger charge is -2.31. The standard InChI is InChI=1S/C21H21Cl2FN2O2/c1-26(15-5-3-2-4-6-15)21(28)13-7-9-14(10-8-13)25-20(27)16-11-19(24)18(23)12-17(16)22/h7-12,15H,2-6H2,1H3,(H,25,27). The first-order valence-electron chi connectivity index (χ1n) is 9.20. The van der Waals surface area contributed by atoms with Gasteiger partial charge in [0.25, 0.3) is 11.8 Å². The fourth-order valence-electron chi connectivity index (χ4n) is 3.43. The topological polar surface area (TPSA) is 49.4 Å². The maximum absolute atomic E-state index is 13.6. The summed E-state index contributed by atoms with van der Waals surface area (Å²) in [6, 6.07) is 9.08. The van der Waals surface area contributed by atoms with E-state index < -0.39 is 11.7 Å². The molecule has 1 aliphatic rings. The van der Waals surface area contributed by atoms with Crippen LogP contribution in [0, 0.1) is 5.82 Å². The summed E-state index contributed by atoms with van der Waals surface area (Å²) in [5.41, 5.74) is 1.02. The molecule has 0 heterocycles. The molecular weight excluding hydrogens is 402 g/mol. The second kappa shape index (κ2) is 8.93. The van der Waals surface area contributed by atoms with Crippen LogP contribution in [0.2, 0.25) is 10.0 Å². The van der Waals surface area contributed by atoms with E-state index >= 15 is 0 Å². The fourth-order valence-corrected chi connectivity index (χ4v) is 3.90. The number of nitrogens with one attached hydrogen (secondary N) is 1. The summed E-state index contributed by atoms with van der Waals surface area (Å²) in [6.07, 6.45) is 5.61. The van der Waals surface area contributed by atoms with E-state index in [1.165, 1.54) is 12.5 Å². The lowest BCUT2D eigenvalue weighted by molar-refractivity contribution is 0.0696. The molecule has 0 atom stereocenters. The number of amides is 2. The van der Waals surface area contributed by atoms with Crippen molar-refractivity contribution in [3.8, 4) is 0 Å². The highest BCUT2D eigenvalue weighted by molar-refractivity contribution is 6.37. The molecule has 4 nitrogen and oxygen atoms in total. The van der Waals surface area contributed by atoms with Gasteiger partial charge < -0.3 is 10.2 Å². The van der Waals surface area contributed by atoms with E-state index in [1.807, 2.05) is 11.9 Å². The third-order valence-electron chi connectivity index (χ3n) is 5.09. The Morgan fingerprint density at radius 1 is 1.04 bits per heavy atom. The molecular formula is C21H21Cl2FN2O2. The third kappa shape index (κ3) is 4.65. The van der Waals surface area contributed by atoms with Crippen LogP contribution in [-0.4, -0.2) is 29.8 Å². The van der Waals surface area contributed by atoms with E-state index in [-0.39, 0.29) is 27.6 Å². The van der Waals surface area contributed by atoms with Crippen LogP contribution in [-0.2, 0) is 0 Å². The number of benzene rings is 2. The van der Waals surface area contributed by atoms with Gasteiger partial charge in [0.2, 0.25) is 0 Å². The largest absolute Gasteiger partial charge is 0.339 e. The maximum atomic E-state index is 13.6. The van der Waals surface area contributed by atoms with Gasteiger partial charge in [-0.1, -0.05) is 42.5 Å². The summed E-state index contributed by atoms with van der Waals surface area (Å²) in [4.78, 5) is 26.8. The molecule has 28 heavy (non-hydrogen) atoms. The average molecular weight is 423 g/mol. The number of hydrogen-bond donors (Lipinski definition) is 1. The molecule has 2 amide bonds. The van der Waals surface area contributed by atoms with Crippen molar-refractivity contribution in [2.75, 3.05) is 12.4 Å². The molecule has 3 rings (SSSR count). The summed E-state index contributed by atoms with van der Waals surface area (Å²) in [5.74, 6) is -1.31. The molecule has 0 spiro atoms. The first-order valence-corrected chi connectivity index (χ1v) is 9.95. The van der Waals surface area contributed by atoms with Crippen molar-refractivity contribution in [3.05, 3.63) is 63.4 Å². The van der Waals surface area contributed by atoms with Crippen LogP contribution in [0.15, 0.2) is 36.4 Å². The van der Waals surface area contributed by atoms with E-state index in [0.29, 0.717) is 11.3 Å². The third-order valence-corrected chi connectivity index (χ3v) is 5.69. The van der Waals surface area contributed by atoms with Gasteiger partial charge in [-0.05, 0) is 49.2 Å². The minimum Gasteiger partial charge on any atom is -0.339 e. The van der Waals surface area contributed by atoms with Crippen LogP contribution in [0.5, 0.6) is 0 Å². The molecule has 0 bridgehead atoms. The monoisotopic (exact) mass is 422 g/mol. The molecule has 148 valence electrons. The van der Waals surface area contributed by atoms with E-state index in [4.69, 9.17) is 23.2 Å². The predicted octanol–water partition coefficient (Wildman–Crippen LogP) is 5.79. The zero-order valence-electron chi connectivity index (χ0n) is 15.5. The minimum atomic E-state index is -0.720. The summed E-state index contributed by atoms with van der Waals surface area (Å²) >= 11 is 11.6. The molecule has 1 saturated carbocycles. The minimum absolute atomic E-state index is 0.0132. The highest BCUT2D eigenvalue weighted by atomic mass is 35.5. The van der Waals surface area contributed by atoms with Crippen LogP contribution in [0.3, 0.4) is 0 Å². The molecule has 2 aromatic carbocycles. The van der Waals surface area contributed by atoms with Crippen molar-refractivity contribution in [2.45, 2.75) is 38.1 Å². The van der Waals surface area contributed by atoms with Gasteiger partial charge in [-0.25, -0.2) is 4.39 Å². The molecule has 1 aliphatic carbocycles. The van der Waals surface area contributed by atoms with E-state index in [1.54, 1.807) is 24.3 Å². The second-order valence-corrected chi connectivity index (χ2v) is 7.80. The molecule has 7 heteroatoms. The van der Waals surface area contributed by atoms with Crippen LogP contribution in [0.25, 0.3) is 0 Å². The van der Waals surface area contributed by atoms with Gasteiger partial charge in [0.1, 0.15) is 5.82 Å². The van der Waals surface area contributed by atoms with Crippen LogP contribution in [0.1, 0.15) is 52.8 Å². The van der Waals surface area contributed by atoms with Gasteiger partial charge in [0, 0.05) is 24.3 Å². The smallest absolute Gasteiger partial charge is 0.257 e. The lowest BCUT2D eigenvalue weighted by Crippen LogP contribution is -2.38. The maximum Gasteiger partial charge on any atom is 0.257 e. The van der Waals surface area contributed by atoms with E-state index in [2.05, 4.69) is 5.32 Å². The highest BCUT2D eigenvalue weighted by Gasteiger charge is 2.23. The zero-order valence-corrected chi connectivity index (χ0v) is 17.0. The van der Waals surface area contributed by atoms with Crippen molar-refractivity contribution < 1.29 is 14.0 Å². The molecule has 0 aliphatic heterocycles. The molecule has 2 aromatic rings. The number of carbonyl (C=O) groups excluding carboxylic acids is 2. The Balaban J connectivity index is 1.68. The van der Waals surface area contributed by atoms with Crippen molar-refractivity contribution in [3.63, 3.8) is 0 Å². The summed E-state index contributed by atoms with van der Waals surface area (Å²) in [7, 11) is 1.84. The van der Waals surface area contributed by atoms with Crippen molar-refractivity contribution in [2.24, 2.45) is 0 Å². The normalized spacial score (nSPS) is 14.6. The number of nitrogens with zero attached hydrogens (tertiary/aromatic N) is 1. The number of anilines is 1.